The third kappa shape index (κ3) is 2.40. The first-order valence-electron chi connectivity index (χ1n) is 6.99. The van der Waals surface area contributed by atoms with Gasteiger partial charge in [-0.1, -0.05) is 29.4 Å². The van der Waals surface area contributed by atoms with E-state index in [1.165, 1.54) is 0 Å². The Morgan fingerprint density at radius 3 is 2.57 bits per heavy atom. The maximum absolute atomic E-state index is 10.2. The highest BCUT2D eigenvalue weighted by atomic mass is 16.4. The molecule has 3 rings (SSSR count). The van der Waals surface area contributed by atoms with Crippen LogP contribution in [0.5, 0.6) is 0 Å². The van der Waals surface area contributed by atoms with Gasteiger partial charge >= 0.3 is 0 Å². The highest BCUT2D eigenvalue weighted by Gasteiger charge is 2.32. The minimum atomic E-state index is -0.647. The van der Waals surface area contributed by atoms with Crippen molar-refractivity contribution < 1.29 is 10.3 Å². The van der Waals surface area contributed by atoms with Gasteiger partial charge in [0, 0.05) is 29.7 Å². The third-order valence-corrected chi connectivity index (χ3v) is 4.08. The van der Waals surface area contributed by atoms with E-state index in [1.54, 1.807) is 0 Å². The maximum atomic E-state index is 10.2. The van der Waals surface area contributed by atoms with E-state index in [-0.39, 0.29) is 5.84 Å². The molecular weight excluding hydrogens is 266 g/mol. The van der Waals surface area contributed by atoms with E-state index >= 15 is 0 Å². The Hall–Kier alpha value is -2.27. The number of hydrogen-bond donors (Lipinski definition) is 3. The van der Waals surface area contributed by atoms with Gasteiger partial charge in [0.15, 0.2) is 5.84 Å². The second-order valence-electron chi connectivity index (χ2n) is 5.83. The molecule has 4 N–H and O–H groups in total. The highest BCUT2D eigenvalue weighted by Crippen LogP contribution is 2.33. The van der Waals surface area contributed by atoms with Gasteiger partial charge in [0.2, 0.25) is 0 Å². The number of amidine groups is 1. The monoisotopic (exact) mass is 285 g/mol. The molecule has 0 aliphatic carbocycles. The number of fused-ring (bicyclic) bond motifs is 1. The summed E-state index contributed by atoms with van der Waals surface area (Å²) in [4.78, 5) is 2.18. The molecule has 0 bridgehead atoms. The quantitative estimate of drug-likeness (QED) is 0.341. The molecule has 110 valence electrons. The molecule has 1 heterocycles. The lowest BCUT2D eigenvalue weighted by atomic mass is 10.0. The van der Waals surface area contributed by atoms with Crippen LogP contribution in [-0.2, 0) is 0 Å². The van der Waals surface area contributed by atoms with Crippen molar-refractivity contribution in [3.8, 4) is 0 Å². The van der Waals surface area contributed by atoms with Crippen molar-refractivity contribution >= 4 is 22.3 Å². The zero-order valence-corrected chi connectivity index (χ0v) is 12.0. The van der Waals surface area contributed by atoms with E-state index < -0.39 is 5.60 Å². The normalized spacial score (nSPS) is 23.0. The topological polar surface area (TPSA) is 82.1 Å². The van der Waals surface area contributed by atoms with Crippen LogP contribution < -0.4 is 10.6 Å². The van der Waals surface area contributed by atoms with Gasteiger partial charge in [-0.3, -0.25) is 0 Å². The number of hydrogen-bond acceptors (Lipinski definition) is 4. The van der Waals surface area contributed by atoms with Gasteiger partial charge in [-0.25, -0.2) is 0 Å². The molecule has 0 amide bonds. The molecule has 5 heteroatoms. The van der Waals surface area contributed by atoms with E-state index in [4.69, 9.17) is 10.9 Å². The summed E-state index contributed by atoms with van der Waals surface area (Å²) in [6.07, 6.45) is 0.753. The average Bonchev–Trinajstić information content (AvgIpc) is 2.85. The van der Waals surface area contributed by atoms with Crippen molar-refractivity contribution in [3.05, 3.63) is 42.0 Å². The Morgan fingerprint density at radius 1 is 1.24 bits per heavy atom. The molecule has 21 heavy (non-hydrogen) atoms. The molecule has 1 fully saturated rings. The van der Waals surface area contributed by atoms with Crippen molar-refractivity contribution in [1.82, 2.24) is 0 Å². The first kappa shape index (κ1) is 13.7. The van der Waals surface area contributed by atoms with Crippen LogP contribution in [0.25, 0.3) is 10.8 Å². The number of benzene rings is 2. The maximum Gasteiger partial charge on any atom is 0.170 e. The van der Waals surface area contributed by atoms with Gasteiger partial charge in [0.05, 0.1) is 5.60 Å². The average molecular weight is 285 g/mol. The zero-order chi connectivity index (χ0) is 15.0. The Labute approximate surface area is 123 Å². The fourth-order valence-corrected chi connectivity index (χ4v) is 2.99. The second kappa shape index (κ2) is 4.93. The first-order chi connectivity index (χ1) is 10.0. The Kier molecular flexibility index (Phi) is 3.22. The van der Waals surface area contributed by atoms with Crippen LogP contribution in [0.15, 0.2) is 41.6 Å². The van der Waals surface area contributed by atoms with E-state index in [0.29, 0.717) is 12.1 Å². The van der Waals surface area contributed by atoms with E-state index in [1.807, 2.05) is 43.3 Å². The lowest BCUT2D eigenvalue weighted by Gasteiger charge is -2.23. The van der Waals surface area contributed by atoms with E-state index in [0.717, 1.165) is 29.4 Å². The molecule has 0 saturated carbocycles. The summed E-state index contributed by atoms with van der Waals surface area (Å²) < 4.78 is 0. The molecule has 0 spiro atoms. The largest absolute Gasteiger partial charge is 0.409 e. The Balaban J connectivity index is 2.14. The van der Waals surface area contributed by atoms with Crippen LogP contribution in [0.3, 0.4) is 0 Å². The number of aliphatic hydroxyl groups is 1. The molecule has 0 aromatic heterocycles. The molecule has 5 nitrogen and oxygen atoms in total. The van der Waals surface area contributed by atoms with Gasteiger partial charge < -0.3 is 20.9 Å². The summed E-state index contributed by atoms with van der Waals surface area (Å²) in [6, 6.07) is 11.7. The fraction of sp³-hybridized carbons (Fsp3) is 0.312. The minimum Gasteiger partial charge on any atom is -0.409 e. The smallest absolute Gasteiger partial charge is 0.170 e. The van der Waals surface area contributed by atoms with Crippen LogP contribution >= 0.6 is 0 Å². The molecular formula is C16H19N3O2. The first-order valence-corrected chi connectivity index (χ1v) is 6.99. The van der Waals surface area contributed by atoms with Gasteiger partial charge in [0.25, 0.3) is 0 Å². The molecule has 1 unspecified atom stereocenters. The predicted molar refractivity (Wildman–Crippen MR) is 83.9 cm³/mol. The van der Waals surface area contributed by atoms with Crippen LogP contribution in [0.2, 0.25) is 0 Å². The summed E-state index contributed by atoms with van der Waals surface area (Å²) in [7, 11) is 0. The van der Waals surface area contributed by atoms with Crippen LogP contribution in [0.4, 0.5) is 5.69 Å². The molecule has 1 aliphatic heterocycles. The van der Waals surface area contributed by atoms with Gasteiger partial charge in [-0.05, 0) is 30.9 Å². The fourth-order valence-electron chi connectivity index (χ4n) is 2.99. The van der Waals surface area contributed by atoms with Gasteiger partial charge in [-0.2, -0.15) is 0 Å². The minimum absolute atomic E-state index is 0.103. The third-order valence-electron chi connectivity index (χ3n) is 4.08. The molecule has 2 aromatic carbocycles. The van der Waals surface area contributed by atoms with Crippen LogP contribution in [-0.4, -0.2) is 34.8 Å². The second-order valence-corrected chi connectivity index (χ2v) is 5.83. The van der Waals surface area contributed by atoms with Crippen molar-refractivity contribution in [2.45, 2.75) is 18.9 Å². The number of oxime groups is 1. The Bertz CT molecular complexity index is 710. The molecule has 2 aromatic rings. The van der Waals surface area contributed by atoms with Crippen LogP contribution in [0.1, 0.15) is 18.9 Å². The number of rotatable bonds is 2. The summed E-state index contributed by atoms with van der Waals surface area (Å²) in [5, 5.41) is 24.2. The van der Waals surface area contributed by atoms with Crippen molar-refractivity contribution in [2.75, 3.05) is 18.0 Å². The summed E-state index contributed by atoms with van der Waals surface area (Å²) in [5.74, 6) is 0.103. The lowest BCUT2D eigenvalue weighted by Crippen LogP contribution is -2.29. The SMILES string of the molecule is CC1(O)CCN(c2ccc(/C(N)=N/O)c3ccccc23)C1. The lowest BCUT2D eigenvalue weighted by molar-refractivity contribution is 0.0839. The summed E-state index contributed by atoms with van der Waals surface area (Å²) in [5.41, 5.74) is 6.88. The molecule has 1 atom stereocenters. The number of β-amino-alcohol motifs (C(OH)–C–C–N with tert-alkyl or cyclic N) is 1. The number of nitrogens with two attached hydrogens (primary N) is 1. The Morgan fingerprint density at radius 2 is 1.95 bits per heavy atom. The van der Waals surface area contributed by atoms with Crippen molar-refractivity contribution in [3.63, 3.8) is 0 Å². The van der Waals surface area contributed by atoms with Gasteiger partial charge in [-0.15, -0.1) is 0 Å². The standard InChI is InChI=1S/C16H19N3O2/c1-16(20)8-9-19(10-16)14-7-6-13(15(17)18-21)11-4-2-3-5-12(11)14/h2-7,20-21H,8-10H2,1H3,(H2,17,18). The van der Waals surface area contributed by atoms with Gasteiger partial charge in [0.1, 0.15) is 0 Å². The van der Waals surface area contributed by atoms with Crippen molar-refractivity contribution in [2.24, 2.45) is 10.9 Å². The molecule has 1 aliphatic rings. The number of nitrogens with zero attached hydrogens (tertiary/aromatic N) is 2. The van der Waals surface area contributed by atoms with E-state index in [2.05, 4.69) is 10.1 Å². The highest BCUT2D eigenvalue weighted by molar-refractivity contribution is 6.11. The predicted octanol–water partition coefficient (Wildman–Crippen LogP) is 1.90. The molecule has 0 radical (unpaired) electrons. The molecule has 1 saturated heterocycles. The summed E-state index contributed by atoms with van der Waals surface area (Å²) in [6.45, 7) is 3.29. The van der Waals surface area contributed by atoms with Crippen LogP contribution in [0, 0.1) is 0 Å². The van der Waals surface area contributed by atoms with E-state index in [9.17, 15) is 5.11 Å². The number of anilines is 1. The van der Waals surface area contributed by atoms with Crippen molar-refractivity contribution in [1.29, 1.82) is 0 Å². The zero-order valence-electron chi connectivity index (χ0n) is 12.0. The summed E-state index contributed by atoms with van der Waals surface area (Å²) >= 11 is 0.